The van der Waals surface area contributed by atoms with Gasteiger partial charge in [0.25, 0.3) is 0 Å². The molecule has 0 saturated heterocycles. The van der Waals surface area contributed by atoms with Crippen LogP contribution < -0.4 is 4.74 Å². The number of hydrogen-bond donors (Lipinski definition) is 0. The second-order valence-electron chi connectivity index (χ2n) is 2.37. The van der Waals surface area contributed by atoms with Gasteiger partial charge in [-0.25, -0.2) is 0 Å². The molecule has 60 valence electrons. The molecule has 0 saturated carbocycles. The maximum absolute atomic E-state index is 5.53. The highest BCUT2D eigenvalue weighted by molar-refractivity contribution is 7.08. The maximum Gasteiger partial charge on any atom is 0.138 e. The zero-order chi connectivity index (χ0) is 8.23. The summed E-state index contributed by atoms with van der Waals surface area (Å²) < 4.78 is 5.53. The Morgan fingerprint density at radius 1 is 0.917 bits per heavy atom. The van der Waals surface area contributed by atoms with Gasteiger partial charge in [0.1, 0.15) is 11.5 Å². The summed E-state index contributed by atoms with van der Waals surface area (Å²) >= 11 is 1.63. The largest absolute Gasteiger partial charge is 0.457 e. The molecule has 0 fully saturated rings. The first-order valence-corrected chi connectivity index (χ1v) is 4.64. The highest BCUT2D eigenvalue weighted by Crippen LogP contribution is 2.22. The van der Waals surface area contributed by atoms with Crippen LogP contribution in [0.15, 0.2) is 47.2 Å². The van der Waals surface area contributed by atoms with Crippen molar-refractivity contribution in [3.8, 4) is 11.5 Å². The van der Waals surface area contributed by atoms with Crippen molar-refractivity contribution in [1.82, 2.24) is 0 Å². The van der Waals surface area contributed by atoms with Gasteiger partial charge in [-0.05, 0) is 23.6 Å². The fourth-order valence-corrected chi connectivity index (χ4v) is 1.49. The molecule has 0 aliphatic heterocycles. The molecule has 0 unspecified atom stereocenters. The summed E-state index contributed by atoms with van der Waals surface area (Å²) in [4.78, 5) is 0. The van der Waals surface area contributed by atoms with Crippen molar-refractivity contribution in [2.24, 2.45) is 0 Å². The lowest BCUT2D eigenvalue weighted by molar-refractivity contribution is 0.485. The monoisotopic (exact) mass is 176 g/mol. The third kappa shape index (κ3) is 1.66. The fraction of sp³-hybridized carbons (Fsp3) is 0. The van der Waals surface area contributed by atoms with Gasteiger partial charge in [-0.2, -0.15) is 0 Å². The Balaban J connectivity index is 2.15. The second-order valence-corrected chi connectivity index (χ2v) is 3.15. The number of rotatable bonds is 2. The molecule has 1 heterocycles. The molecule has 0 aliphatic rings. The minimum absolute atomic E-state index is 0.885. The Hall–Kier alpha value is -1.28. The number of thiophene rings is 1. The molecular formula is C10H8OS. The van der Waals surface area contributed by atoms with E-state index in [-0.39, 0.29) is 0 Å². The van der Waals surface area contributed by atoms with Crippen LogP contribution in [0.5, 0.6) is 11.5 Å². The lowest BCUT2D eigenvalue weighted by Gasteiger charge is -2.00. The van der Waals surface area contributed by atoms with Crippen LogP contribution in [0.1, 0.15) is 0 Å². The summed E-state index contributed by atoms with van der Waals surface area (Å²) in [5, 5.41) is 3.98. The molecule has 12 heavy (non-hydrogen) atoms. The van der Waals surface area contributed by atoms with Gasteiger partial charge >= 0.3 is 0 Å². The van der Waals surface area contributed by atoms with Crippen molar-refractivity contribution in [2.45, 2.75) is 0 Å². The Kier molecular flexibility index (Phi) is 2.10. The van der Waals surface area contributed by atoms with Gasteiger partial charge < -0.3 is 4.74 Å². The van der Waals surface area contributed by atoms with Crippen molar-refractivity contribution >= 4 is 11.3 Å². The van der Waals surface area contributed by atoms with E-state index in [0.29, 0.717) is 0 Å². The topological polar surface area (TPSA) is 9.23 Å². The molecule has 0 radical (unpaired) electrons. The summed E-state index contributed by atoms with van der Waals surface area (Å²) in [6.45, 7) is 0. The van der Waals surface area contributed by atoms with E-state index in [9.17, 15) is 0 Å². The summed E-state index contributed by atoms with van der Waals surface area (Å²) in [6.07, 6.45) is 0. The molecule has 0 spiro atoms. The summed E-state index contributed by atoms with van der Waals surface area (Å²) in [5.74, 6) is 1.79. The van der Waals surface area contributed by atoms with Gasteiger partial charge in [0.15, 0.2) is 0 Å². The highest BCUT2D eigenvalue weighted by Gasteiger charge is 1.93. The predicted octanol–water partition coefficient (Wildman–Crippen LogP) is 3.54. The van der Waals surface area contributed by atoms with E-state index in [1.165, 1.54) is 0 Å². The molecule has 1 aromatic carbocycles. The standard InChI is InChI=1S/C10H8OS/c1-2-4-9(5-3-1)11-10-6-7-12-8-10/h1-8H. The predicted molar refractivity (Wildman–Crippen MR) is 50.8 cm³/mol. The Morgan fingerprint density at radius 2 is 1.75 bits per heavy atom. The van der Waals surface area contributed by atoms with Gasteiger partial charge in [-0.15, -0.1) is 11.3 Å². The van der Waals surface area contributed by atoms with E-state index in [0.717, 1.165) is 11.5 Å². The molecule has 0 aliphatic carbocycles. The minimum atomic E-state index is 0.885. The zero-order valence-corrected chi connectivity index (χ0v) is 7.25. The van der Waals surface area contributed by atoms with Crippen LogP contribution in [-0.2, 0) is 0 Å². The van der Waals surface area contributed by atoms with E-state index in [4.69, 9.17) is 4.74 Å². The number of hydrogen-bond acceptors (Lipinski definition) is 2. The summed E-state index contributed by atoms with van der Waals surface area (Å²) in [7, 11) is 0. The molecule has 2 rings (SSSR count). The lowest BCUT2D eigenvalue weighted by atomic mass is 10.3. The highest BCUT2D eigenvalue weighted by atomic mass is 32.1. The molecule has 1 aromatic heterocycles. The summed E-state index contributed by atoms with van der Waals surface area (Å²) in [5.41, 5.74) is 0. The lowest BCUT2D eigenvalue weighted by Crippen LogP contribution is -1.78. The van der Waals surface area contributed by atoms with Crippen molar-refractivity contribution in [3.05, 3.63) is 47.2 Å². The van der Waals surface area contributed by atoms with E-state index >= 15 is 0 Å². The Bertz CT molecular complexity index is 326. The molecule has 2 heteroatoms. The van der Waals surface area contributed by atoms with Crippen LogP contribution in [0.4, 0.5) is 0 Å². The van der Waals surface area contributed by atoms with Gasteiger partial charge in [0.2, 0.25) is 0 Å². The van der Waals surface area contributed by atoms with Crippen LogP contribution >= 0.6 is 11.3 Å². The van der Waals surface area contributed by atoms with Gasteiger partial charge in [-0.1, -0.05) is 18.2 Å². The maximum atomic E-state index is 5.53. The quantitative estimate of drug-likeness (QED) is 0.680. The van der Waals surface area contributed by atoms with Gasteiger partial charge in [0.05, 0.1) is 0 Å². The molecule has 0 atom stereocenters. The molecule has 1 nitrogen and oxygen atoms in total. The average Bonchev–Trinajstić information content (AvgIpc) is 2.59. The summed E-state index contributed by atoms with van der Waals surface area (Å²) in [6, 6.07) is 11.7. The van der Waals surface area contributed by atoms with E-state index in [2.05, 4.69) is 0 Å². The smallest absolute Gasteiger partial charge is 0.138 e. The van der Waals surface area contributed by atoms with Crippen molar-refractivity contribution in [1.29, 1.82) is 0 Å². The third-order valence-electron chi connectivity index (χ3n) is 1.47. The van der Waals surface area contributed by atoms with Crippen molar-refractivity contribution in [3.63, 3.8) is 0 Å². The number of ether oxygens (including phenoxy) is 1. The first-order valence-electron chi connectivity index (χ1n) is 3.70. The second kappa shape index (κ2) is 3.41. The van der Waals surface area contributed by atoms with Crippen molar-refractivity contribution in [2.75, 3.05) is 0 Å². The van der Waals surface area contributed by atoms with Crippen LogP contribution in [0.2, 0.25) is 0 Å². The molecule has 2 aromatic rings. The molecule has 0 bridgehead atoms. The van der Waals surface area contributed by atoms with E-state index in [1.54, 1.807) is 11.3 Å². The van der Waals surface area contributed by atoms with Crippen LogP contribution in [0.25, 0.3) is 0 Å². The Morgan fingerprint density at radius 3 is 2.42 bits per heavy atom. The number of benzene rings is 1. The minimum Gasteiger partial charge on any atom is -0.457 e. The molecule has 0 N–H and O–H groups in total. The Labute approximate surface area is 75.2 Å². The molecule has 0 amide bonds. The van der Waals surface area contributed by atoms with E-state index in [1.807, 2.05) is 47.2 Å². The normalized spacial score (nSPS) is 9.67. The van der Waals surface area contributed by atoms with E-state index < -0.39 is 0 Å². The third-order valence-corrected chi connectivity index (χ3v) is 2.14. The van der Waals surface area contributed by atoms with Crippen LogP contribution in [0, 0.1) is 0 Å². The zero-order valence-electron chi connectivity index (χ0n) is 6.44. The van der Waals surface area contributed by atoms with Crippen LogP contribution in [0.3, 0.4) is 0 Å². The average molecular weight is 176 g/mol. The first kappa shape index (κ1) is 7.37. The van der Waals surface area contributed by atoms with Crippen LogP contribution in [-0.4, -0.2) is 0 Å². The van der Waals surface area contributed by atoms with Gasteiger partial charge in [0, 0.05) is 5.38 Å². The van der Waals surface area contributed by atoms with Crippen molar-refractivity contribution < 1.29 is 4.74 Å². The van der Waals surface area contributed by atoms with Gasteiger partial charge in [-0.3, -0.25) is 0 Å². The first-order chi connectivity index (χ1) is 5.95. The molecular weight excluding hydrogens is 168 g/mol. The number of para-hydroxylation sites is 1. The fourth-order valence-electron chi connectivity index (χ4n) is 0.935. The SMILES string of the molecule is c1ccc(Oc2ccsc2)cc1.